The van der Waals surface area contributed by atoms with Gasteiger partial charge in [-0.05, 0) is 17.7 Å². The SMILES string of the molecule is CNC(=O)c1cccc([C@@H]2CNCCN2CCC(F)(F)F)c1. The number of amides is 1. The van der Waals surface area contributed by atoms with Crippen molar-refractivity contribution in [1.29, 1.82) is 0 Å². The minimum Gasteiger partial charge on any atom is -0.355 e. The molecule has 1 saturated heterocycles. The predicted molar refractivity (Wildman–Crippen MR) is 77.7 cm³/mol. The van der Waals surface area contributed by atoms with E-state index in [2.05, 4.69) is 10.6 Å². The molecule has 2 N–H and O–H groups in total. The molecule has 1 amide bonds. The van der Waals surface area contributed by atoms with E-state index in [1.807, 2.05) is 11.0 Å². The van der Waals surface area contributed by atoms with Crippen molar-refractivity contribution in [3.63, 3.8) is 0 Å². The molecule has 1 atom stereocenters. The third kappa shape index (κ3) is 4.45. The Labute approximate surface area is 127 Å². The molecule has 2 rings (SSSR count). The summed E-state index contributed by atoms with van der Waals surface area (Å²) < 4.78 is 37.4. The lowest BCUT2D eigenvalue weighted by atomic mass is 10.0. The molecule has 1 heterocycles. The Morgan fingerprint density at radius 3 is 2.91 bits per heavy atom. The average molecular weight is 315 g/mol. The highest BCUT2D eigenvalue weighted by atomic mass is 19.4. The first-order valence-corrected chi connectivity index (χ1v) is 7.24. The van der Waals surface area contributed by atoms with Gasteiger partial charge in [-0.2, -0.15) is 13.2 Å². The van der Waals surface area contributed by atoms with E-state index in [1.54, 1.807) is 25.2 Å². The fourth-order valence-electron chi connectivity index (χ4n) is 2.64. The maximum Gasteiger partial charge on any atom is 0.390 e. The zero-order chi connectivity index (χ0) is 16.2. The first kappa shape index (κ1) is 16.8. The molecule has 0 unspecified atom stereocenters. The van der Waals surface area contributed by atoms with E-state index in [-0.39, 0.29) is 18.5 Å². The number of piperazine rings is 1. The number of hydrogen-bond donors (Lipinski definition) is 2. The number of rotatable bonds is 4. The quantitative estimate of drug-likeness (QED) is 0.892. The molecule has 0 radical (unpaired) electrons. The van der Waals surface area contributed by atoms with Gasteiger partial charge >= 0.3 is 6.18 Å². The number of halogens is 3. The van der Waals surface area contributed by atoms with Crippen LogP contribution in [0.4, 0.5) is 13.2 Å². The van der Waals surface area contributed by atoms with Crippen molar-refractivity contribution in [3.8, 4) is 0 Å². The highest BCUT2D eigenvalue weighted by Gasteiger charge is 2.31. The molecule has 122 valence electrons. The van der Waals surface area contributed by atoms with Crippen molar-refractivity contribution in [2.45, 2.75) is 18.6 Å². The monoisotopic (exact) mass is 315 g/mol. The van der Waals surface area contributed by atoms with Gasteiger partial charge in [-0.1, -0.05) is 12.1 Å². The molecule has 0 aliphatic carbocycles. The summed E-state index contributed by atoms with van der Waals surface area (Å²) >= 11 is 0. The summed E-state index contributed by atoms with van der Waals surface area (Å²) in [5.74, 6) is -0.201. The van der Waals surface area contributed by atoms with Crippen molar-refractivity contribution < 1.29 is 18.0 Å². The summed E-state index contributed by atoms with van der Waals surface area (Å²) in [5.41, 5.74) is 1.37. The van der Waals surface area contributed by atoms with Crippen molar-refractivity contribution in [2.75, 3.05) is 33.2 Å². The van der Waals surface area contributed by atoms with Crippen LogP contribution in [-0.4, -0.2) is 50.2 Å². The number of nitrogens with one attached hydrogen (secondary N) is 2. The van der Waals surface area contributed by atoms with Crippen LogP contribution in [0.25, 0.3) is 0 Å². The third-order valence-corrected chi connectivity index (χ3v) is 3.80. The third-order valence-electron chi connectivity index (χ3n) is 3.80. The van der Waals surface area contributed by atoms with E-state index in [1.165, 1.54) is 0 Å². The van der Waals surface area contributed by atoms with E-state index in [0.29, 0.717) is 25.2 Å². The number of carbonyl (C=O) groups is 1. The van der Waals surface area contributed by atoms with E-state index in [9.17, 15) is 18.0 Å². The second-order valence-corrected chi connectivity index (χ2v) is 5.33. The maximum absolute atomic E-state index is 12.5. The summed E-state index contributed by atoms with van der Waals surface area (Å²) in [6.45, 7) is 1.78. The fraction of sp³-hybridized carbons (Fsp3) is 0.533. The van der Waals surface area contributed by atoms with Crippen LogP contribution in [0.3, 0.4) is 0 Å². The molecule has 1 aromatic rings. The van der Waals surface area contributed by atoms with Crippen LogP contribution in [0.2, 0.25) is 0 Å². The van der Waals surface area contributed by atoms with Crippen molar-refractivity contribution in [3.05, 3.63) is 35.4 Å². The molecular weight excluding hydrogens is 295 g/mol. The van der Waals surface area contributed by atoms with Crippen molar-refractivity contribution in [1.82, 2.24) is 15.5 Å². The normalized spacial score (nSPS) is 19.9. The number of benzene rings is 1. The summed E-state index contributed by atoms with van der Waals surface area (Å²) in [7, 11) is 1.55. The van der Waals surface area contributed by atoms with Gasteiger partial charge in [-0.3, -0.25) is 9.69 Å². The minimum absolute atomic E-state index is 0.0277. The van der Waals surface area contributed by atoms with Crippen LogP contribution in [-0.2, 0) is 0 Å². The lowest BCUT2D eigenvalue weighted by molar-refractivity contribution is -0.139. The van der Waals surface area contributed by atoms with Gasteiger partial charge in [0.05, 0.1) is 6.42 Å². The van der Waals surface area contributed by atoms with Gasteiger partial charge in [0.1, 0.15) is 0 Å². The molecule has 0 spiro atoms. The first-order chi connectivity index (χ1) is 10.4. The zero-order valence-corrected chi connectivity index (χ0v) is 12.4. The average Bonchev–Trinajstić information content (AvgIpc) is 2.52. The zero-order valence-electron chi connectivity index (χ0n) is 12.4. The molecule has 1 aliphatic heterocycles. The standard InChI is InChI=1S/C15H20F3N3O/c1-19-14(22)12-4-2-3-11(9-12)13-10-20-6-8-21(13)7-5-15(16,17)18/h2-4,9,13,20H,5-8,10H2,1H3,(H,19,22)/t13-/m0/s1. The van der Waals surface area contributed by atoms with Crippen LogP contribution in [0.1, 0.15) is 28.4 Å². The van der Waals surface area contributed by atoms with E-state index >= 15 is 0 Å². The van der Waals surface area contributed by atoms with Crippen LogP contribution >= 0.6 is 0 Å². The Bertz CT molecular complexity index is 519. The number of nitrogens with zero attached hydrogens (tertiary/aromatic N) is 1. The Morgan fingerprint density at radius 2 is 2.23 bits per heavy atom. The highest BCUT2D eigenvalue weighted by Crippen LogP contribution is 2.26. The first-order valence-electron chi connectivity index (χ1n) is 7.24. The van der Waals surface area contributed by atoms with Crippen LogP contribution in [0.5, 0.6) is 0 Å². The lowest BCUT2D eigenvalue weighted by Crippen LogP contribution is -2.47. The molecule has 1 aliphatic rings. The molecule has 0 saturated carbocycles. The van der Waals surface area contributed by atoms with Gasteiger partial charge in [0.15, 0.2) is 0 Å². The molecule has 1 aromatic carbocycles. The van der Waals surface area contributed by atoms with E-state index in [4.69, 9.17) is 0 Å². The summed E-state index contributed by atoms with van der Waals surface area (Å²) in [4.78, 5) is 13.5. The summed E-state index contributed by atoms with van der Waals surface area (Å²) in [5, 5.41) is 5.75. The van der Waals surface area contributed by atoms with E-state index in [0.717, 1.165) is 5.56 Å². The Balaban J connectivity index is 2.15. The summed E-state index contributed by atoms with van der Waals surface area (Å²) in [6, 6.07) is 6.90. The second kappa shape index (κ2) is 7.11. The molecule has 0 bridgehead atoms. The Morgan fingerprint density at radius 1 is 1.45 bits per heavy atom. The highest BCUT2D eigenvalue weighted by molar-refractivity contribution is 5.94. The Kier molecular flexibility index (Phi) is 5.42. The van der Waals surface area contributed by atoms with Crippen LogP contribution < -0.4 is 10.6 Å². The number of carbonyl (C=O) groups excluding carboxylic acids is 1. The molecule has 4 nitrogen and oxygen atoms in total. The van der Waals surface area contributed by atoms with Crippen LogP contribution in [0.15, 0.2) is 24.3 Å². The second-order valence-electron chi connectivity index (χ2n) is 5.33. The predicted octanol–water partition coefficient (Wildman–Crippen LogP) is 1.94. The van der Waals surface area contributed by atoms with Gasteiger partial charge in [-0.25, -0.2) is 0 Å². The van der Waals surface area contributed by atoms with Gasteiger partial charge in [0, 0.05) is 44.8 Å². The maximum atomic E-state index is 12.5. The minimum atomic E-state index is -4.15. The topological polar surface area (TPSA) is 44.4 Å². The Hall–Kier alpha value is -1.60. The molecular formula is C15H20F3N3O. The number of alkyl halides is 3. The molecule has 7 heteroatoms. The van der Waals surface area contributed by atoms with Gasteiger partial charge < -0.3 is 10.6 Å². The van der Waals surface area contributed by atoms with Crippen molar-refractivity contribution >= 4 is 5.91 Å². The van der Waals surface area contributed by atoms with Gasteiger partial charge in [0.25, 0.3) is 5.91 Å². The largest absolute Gasteiger partial charge is 0.390 e. The van der Waals surface area contributed by atoms with Crippen LogP contribution in [0, 0.1) is 0 Å². The molecule has 0 aromatic heterocycles. The smallest absolute Gasteiger partial charge is 0.355 e. The van der Waals surface area contributed by atoms with Gasteiger partial charge in [-0.15, -0.1) is 0 Å². The lowest BCUT2D eigenvalue weighted by Gasteiger charge is -2.36. The van der Waals surface area contributed by atoms with Gasteiger partial charge in [0.2, 0.25) is 0 Å². The van der Waals surface area contributed by atoms with Crippen molar-refractivity contribution in [2.24, 2.45) is 0 Å². The molecule has 1 fully saturated rings. The number of hydrogen-bond acceptors (Lipinski definition) is 3. The van der Waals surface area contributed by atoms with E-state index < -0.39 is 12.6 Å². The fourth-order valence-corrected chi connectivity index (χ4v) is 2.64. The summed E-state index contributed by atoms with van der Waals surface area (Å²) in [6.07, 6.45) is -4.97. The molecule has 22 heavy (non-hydrogen) atoms.